The van der Waals surface area contributed by atoms with E-state index >= 15 is 0 Å². The first-order valence-corrected chi connectivity index (χ1v) is 6.73. The van der Waals surface area contributed by atoms with Crippen LogP contribution in [0.2, 0.25) is 0 Å². The van der Waals surface area contributed by atoms with Gasteiger partial charge >= 0.3 is 0 Å². The van der Waals surface area contributed by atoms with E-state index in [0.29, 0.717) is 12.1 Å². The van der Waals surface area contributed by atoms with Gasteiger partial charge < -0.3 is 10.8 Å². The van der Waals surface area contributed by atoms with E-state index in [1.54, 1.807) is 0 Å². The Hall–Kier alpha value is -0.900. The van der Waals surface area contributed by atoms with Gasteiger partial charge in [0.25, 0.3) is 0 Å². The third kappa shape index (κ3) is 2.91. The summed E-state index contributed by atoms with van der Waals surface area (Å²) >= 11 is 0. The number of nitrogens with zero attached hydrogens (tertiary/aromatic N) is 1. The molecule has 0 radical (unpaired) electrons. The molecule has 1 aliphatic rings. The molecule has 1 fully saturated rings. The molecule has 0 aliphatic carbocycles. The molecule has 0 saturated carbocycles. The fraction of sp³-hybridized carbons (Fsp3) is 0.600. The Bertz CT molecular complexity index is 367. The van der Waals surface area contributed by atoms with Crippen molar-refractivity contribution in [1.29, 1.82) is 0 Å². The van der Waals surface area contributed by atoms with Crippen LogP contribution in [0.15, 0.2) is 30.3 Å². The van der Waals surface area contributed by atoms with Gasteiger partial charge in [0, 0.05) is 24.2 Å². The molecule has 1 heterocycles. The molecule has 100 valence electrons. The molecule has 1 unspecified atom stereocenters. The van der Waals surface area contributed by atoms with Gasteiger partial charge in [-0.2, -0.15) is 0 Å². The lowest BCUT2D eigenvalue weighted by Crippen LogP contribution is -2.59. The van der Waals surface area contributed by atoms with Crippen molar-refractivity contribution in [3.05, 3.63) is 35.9 Å². The topological polar surface area (TPSA) is 49.5 Å². The van der Waals surface area contributed by atoms with E-state index in [2.05, 4.69) is 43.0 Å². The number of rotatable bonds is 3. The summed E-state index contributed by atoms with van der Waals surface area (Å²) in [6.45, 7) is 5.46. The average molecular weight is 248 g/mol. The van der Waals surface area contributed by atoms with E-state index in [-0.39, 0.29) is 6.61 Å². The maximum absolute atomic E-state index is 9.42. The lowest BCUT2D eigenvalue weighted by molar-refractivity contribution is 0.0246. The van der Waals surface area contributed by atoms with Crippen molar-refractivity contribution in [3.63, 3.8) is 0 Å². The fourth-order valence-corrected chi connectivity index (χ4v) is 3.16. The number of piperidine rings is 1. The quantitative estimate of drug-likeness (QED) is 0.857. The lowest BCUT2D eigenvalue weighted by Gasteiger charge is -2.47. The smallest absolute Gasteiger partial charge is 0.0612 e. The Labute approximate surface area is 110 Å². The van der Waals surface area contributed by atoms with Gasteiger partial charge in [-0.3, -0.25) is 4.90 Å². The van der Waals surface area contributed by atoms with Crippen LogP contribution in [-0.2, 0) is 6.54 Å². The highest BCUT2D eigenvalue weighted by atomic mass is 16.3. The molecular formula is C15H24N2O. The van der Waals surface area contributed by atoms with E-state index < -0.39 is 5.54 Å². The first-order valence-electron chi connectivity index (χ1n) is 6.73. The van der Waals surface area contributed by atoms with Crippen LogP contribution < -0.4 is 5.73 Å². The zero-order valence-electron chi connectivity index (χ0n) is 11.3. The summed E-state index contributed by atoms with van der Waals surface area (Å²) in [6.07, 6.45) is 1.72. The third-order valence-electron chi connectivity index (χ3n) is 4.06. The molecule has 0 aromatic heterocycles. The molecule has 1 saturated heterocycles. The highest BCUT2D eigenvalue weighted by molar-refractivity contribution is 5.15. The van der Waals surface area contributed by atoms with Crippen molar-refractivity contribution in [2.75, 3.05) is 6.61 Å². The molecule has 0 spiro atoms. The predicted molar refractivity (Wildman–Crippen MR) is 74.1 cm³/mol. The number of benzene rings is 1. The average Bonchev–Trinajstić information content (AvgIpc) is 2.35. The first-order chi connectivity index (χ1) is 8.54. The molecule has 1 aromatic carbocycles. The number of aliphatic hydroxyl groups is 1. The largest absolute Gasteiger partial charge is 0.394 e. The standard InChI is InChI=1S/C15H24N2O/c1-12-8-15(16,11-18)9-13(2)17(12)10-14-6-4-3-5-7-14/h3-7,12-13,18H,8-11,16H2,1-2H3/t12-,13+,15?. The van der Waals surface area contributed by atoms with Crippen molar-refractivity contribution in [3.8, 4) is 0 Å². The van der Waals surface area contributed by atoms with Crippen molar-refractivity contribution >= 4 is 0 Å². The zero-order valence-corrected chi connectivity index (χ0v) is 11.3. The van der Waals surface area contributed by atoms with Gasteiger partial charge in [-0.1, -0.05) is 30.3 Å². The second kappa shape index (κ2) is 5.39. The molecule has 1 aromatic rings. The fourth-order valence-electron chi connectivity index (χ4n) is 3.16. The van der Waals surface area contributed by atoms with Crippen LogP contribution in [0.5, 0.6) is 0 Å². The molecule has 0 bridgehead atoms. The van der Waals surface area contributed by atoms with Crippen molar-refractivity contribution < 1.29 is 5.11 Å². The van der Waals surface area contributed by atoms with Crippen molar-refractivity contribution in [1.82, 2.24) is 4.90 Å². The molecule has 3 heteroatoms. The lowest BCUT2D eigenvalue weighted by atomic mass is 9.81. The second-order valence-corrected chi connectivity index (χ2v) is 5.78. The van der Waals surface area contributed by atoms with E-state index in [9.17, 15) is 5.11 Å². The summed E-state index contributed by atoms with van der Waals surface area (Å²) in [5.41, 5.74) is 7.16. The number of likely N-dealkylation sites (tertiary alicyclic amines) is 1. The van der Waals surface area contributed by atoms with E-state index in [0.717, 1.165) is 19.4 Å². The predicted octanol–water partition coefficient (Wildman–Crippen LogP) is 1.75. The molecule has 18 heavy (non-hydrogen) atoms. The first kappa shape index (κ1) is 13.5. The Balaban J connectivity index is 2.06. The van der Waals surface area contributed by atoms with Crippen LogP contribution in [-0.4, -0.2) is 34.2 Å². The second-order valence-electron chi connectivity index (χ2n) is 5.78. The number of nitrogens with two attached hydrogens (primary N) is 1. The van der Waals surface area contributed by atoms with Crippen LogP contribution in [0.1, 0.15) is 32.3 Å². The maximum atomic E-state index is 9.42. The van der Waals surface area contributed by atoms with Crippen LogP contribution in [0.4, 0.5) is 0 Å². The van der Waals surface area contributed by atoms with E-state index in [1.807, 2.05) is 6.07 Å². The Morgan fingerprint density at radius 1 is 1.22 bits per heavy atom. The van der Waals surface area contributed by atoms with Crippen LogP contribution in [0, 0.1) is 0 Å². The summed E-state index contributed by atoms with van der Waals surface area (Å²) in [5, 5.41) is 9.42. The maximum Gasteiger partial charge on any atom is 0.0612 e. The Kier molecular flexibility index (Phi) is 4.05. The molecule has 1 aliphatic heterocycles. The van der Waals surface area contributed by atoms with Gasteiger partial charge in [-0.05, 0) is 32.3 Å². The highest BCUT2D eigenvalue weighted by Crippen LogP contribution is 2.30. The minimum atomic E-state index is -0.397. The SMILES string of the molecule is C[C@@H]1CC(N)(CO)C[C@H](C)N1Cc1ccccc1. The van der Waals surface area contributed by atoms with Crippen molar-refractivity contribution in [2.24, 2.45) is 5.73 Å². The Morgan fingerprint density at radius 3 is 2.28 bits per heavy atom. The van der Waals surface area contributed by atoms with Gasteiger partial charge in [0.05, 0.1) is 6.61 Å². The van der Waals surface area contributed by atoms with Gasteiger partial charge in [-0.25, -0.2) is 0 Å². The minimum absolute atomic E-state index is 0.0842. The highest BCUT2D eigenvalue weighted by Gasteiger charge is 2.38. The van der Waals surface area contributed by atoms with Crippen LogP contribution in [0.3, 0.4) is 0 Å². The van der Waals surface area contributed by atoms with E-state index in [1.165, 1.54) is 5.56 Å². The van der Waals surface area contributed by atoms with Crippen LogP contribution in [0.25, 0.3) is 0 Å². The summed E-state index contributed by atoms with van der Waals surface area (Å²) in [7, 11) is 0. The summed E-state index contributed by atoms with van der Waals surface area (Å²) < 4.78 is 0. The van der Waals surface area contributed by atoms with Gasteiger partial charge in [0.15, 0.2) is 0 Å². The normalized spacial score (nSPS) is 33.6. The zero-order chi connectivity index (χ0) is 13.2. The Morgan fingerprint density at radius 2 is 1.78 bits per heavy atom. The minimum Gasteiger partial charge on any atom is -0.394 e. The summed E-state index contributed by atoms with van der Waals surface area (Å²) in [4.78, 5) is 2.48. The molecule has 3 N–H and O–H groups in total. The van der Waals surface area contributed by atoms with Gasteiger partial charge in [0.2, 0.25) is 0 Å². The number of aliphatic hydroxyl groups excluding tert-OH is 1. The van der Waals surface area contributed by atoms with Crippen LogP contribution >= 0.6 is 0 Å². The third-order valence-corrected chi connectivity index (χ3v) is 4.06. The number of hydrogen-bond acceptors (Lipinski definition) is 3. The summed E-state index contributed by atoms with van der Waals surface area (Å²) in [5.74, 6) is 0. The molecule has 2 rings (SSSR count). The molecular weight excluding hydrogens is 224 g/mol. The van der Waals surface area contributed by atoms with E-state index in [4.69, 9.17) is 5.73 Å². The van der Waals surface area contributed by atoms with Crippen molar-refractivity contribution in [2.45, 2.75) is 50.9 Å². The monoisotopic (exact) mass is 248 g/mol. The van der Waals surface area contributed by atoms with Gasteiger partial charge in [0.1, 0.15) is 0 Å². The molecule has 3 nitrogen and oxygen atoms in total. The molecule has 3 atom stereocenters. The van der Waals surface area contributed by atoms with Gasteiger partial charge in [-0.15, -0.1) is 0 Å². The number of hydrogen-bond donors (Lipinski definition) is 2. The molecule has 0 amide bonds. The summed E-state index contributed by atoms with van der Waals surface area (Å²) in [6, 6.07) is 11.3.